The van der Waals surface area contributed by atoms with E-state index in [9.17, 15) is 9.59 Å². The van der Waals surface area contributed by atoms with Gasteiger partial charge in [0, 0.05) is 20.4 Å². The third-order valence-electron chi connectivity index (χ3n) is 1.43. The molecule has 1 radical (unpaired) electrons. The number of halogens is 1. The smallest absolute Gasteiger partial charge is 0.186 e. The molecule has 0 saturated heterocycles. The molecule has 0 aliphatic rings. The maximum absolute atomic E-state index is 11.1. The first-order chi connectivity index (χ1) is 5.52. The Hall–Kier alpha value is 0.0723. The summed E-state index contributed by atoms with van der Waals surface area (Å²) >= 11 is 1.87. The van der Waals surface area contributed by atoms with Gasteiger partial charge in [-0.3, -0.25) is 9.59 Å². The molecule has 0 N–H and O–H groups in total. The van der Waals surface area contributed by atoms with Crippen LogP contribution < -0.4 is 16.2 Å². The molecule has 1 rings (SSSR count). The quantitative estimate of drug-likeness (QED) is 0.563. The van der Waals surface area contributed by atoms with Crippen LogP contribution in [0, 0.1) is 3.57 Å². The maximum Gasteiger partial charge on any atom is 0.186 e. The van der Waals surface area contributed by atoms with Crippen molar-refractivity contribution in [3.63, 3.8) is 0 Å². The number of hydrogen-bond acceptors (Lipinski definition) is 2. The Morgan fingerprint density at radius 2 is 2.00 bits per heavy atom. The van der Waals surface area contributed by atoms with Gasteiger partial charge in [-0.25, -0.2) is 0 Å². The molecule has 6 heteroatoms. The monoisotopic (exact) mass is 466 g/mol. The fourth-order valence-corrected chi connectivity index (χ4v) is 1.22. The summed E-state index contributed by atoms with van der Waals surface area (Å²) in [7, 11) is 0. The predicted molar refractivity (Wildman–Crippen MR) is 53.4 cm³/mol. The molecule has 0 unspecified atom stereocenters. The first kappa shape index (κ1) is 13.1. The van der Waals surface area contributed by atoms with Gasteiger partial charge in [0.05, 0.1) is 3.57 Å². The number of rotatable bonds is 1. The first-order valence-electron chi connectivity index (χ1n) is 3.48. The van der Waals surface area contributed by atoms with Crippen molar-refractivity contribution in [1.29, 1.82) is 0 Å². The van der Waals surface area contributed by atoms with Crippen LogP contribution in [0.4, 0.5) is 0 Å². The van der Waals surface area contributed by atoms with Gasteiger partial charge >= 0.3 is 0 Å². The average molecular weight is 465 g/mol. The van der Waals surface area contributed by atoms with Crippen LogP contribution in [0.3, 0.4) is 0 Å². The summed E-state index contributed by atoms with van der Waals surface area (Å²) in [6, 6.07) is 0.0408. The van der Waals surface area contributed by atoms with Crippen molar-refractivity contribution < 1.29 is 20.4 Å². The van der Waals surface area contributed by atoms with E-state index in [0.29, 0.717) is 3.57 Å². The molecule has 73 valence electrons. The van der Waals surface area contributed by atoms with Gasteiger partial charge in [0.25, 0.3) is 0 Å². The second kappa shape index (κ2) is 5.08. The summed E-state index contributed by atoms with van der Waals surface area (Å²) in [5.74, 6) is 0. The van der Waals surface area contributed by atoms with E-state index in [-0.39, 0.29) is 26.5 Å². The van der Waals surface area contributed by atoms with Crippen LogP contribution in [0.5, 0.6) is 0 Å². The Kier molecular flexibility index (Phi) is 5.11. The zero-order valence-corrected chi connectivity index (χ0v) is 12.0. The van der Waals surface area contributed by atoms with Crippen LogP contribution in [0.25, 0.3) is 0 Å². The van der Waals surface area contributed by atoms with Crippen LogP contribution in [-0.4, -0.2) is 4.57 Å². The standard InChI is InChI=1S/C7H9IN2O2.Re/c1-4(2)10-3-5(8)6(11)9-7(10)12;/h3-4H,1-2H3,(H,9,11,12);/p-1. The molecule has 0 atom stereocenters. The van der Waals surface area contributed by atoms with E-state index in [1.807, 2.05) is 36.4 Å². The van der Waals surface area contributed by atoms with E-state index in [4.69, 9.17) is 0 Å². The molecule has 1 aromatic heterocycles. The van der Waals surface area contributed by atoms with Crippen molar-refractivity contribution in [2.45, 2.75) is 19.9 Å². The Balaban J connectivity index is 0.00000144. The van der Waals surface area contributed by atoms with Crippen molar-refractivity contribution in [3.05, 3.63) is 30.6 Å². The molecule has 4 nitrogen and oxygen atoms in total. The zero-order valence-electron chi connectivity index (χ0n) is 7.12. The summed E-state index contributed by atoms with van der Waals surface area (Å²) in [5, 5.41) is 0. The summed E-state index contributed by atoms with van der Waals surface area (Å²) in [4.78, 5) is 25.3. The second-order valence-electron chi connectivity index (χ2n) is 2.68. The normalized spacial score (nSPS) is 9.85. The van der Waals surface area contributed by atoms with Gasteiger partial charge in [0.15, 0.2) is 11.2 Å². The van der Waals surface area contributed by atoms with Crippen LogP contribution >= 0.6 is 22.6 Å². The van der Waals surface area contributed by atoms with Crippen molar-refractivity contribution >= 4 is 22.6 Å². The molecule has 1 heterocycles. The maximum atomic E-state index is 11.1. The van der Waals surface area contributed by atoms with E-state index in [1.165, 1.54) is 10.8 Å². The fraction of sp³-hybridized carbons (Fsp3) is 0.429. The van der Waals surface area contributed by atoms with E-state index in [0.717, 1.165) is 0 Å². The van der Waals surface area contributed by atoms with Gasteiger partial charge in [0.1, 0.15) is 0 Å². The third-order valence-corrected chi connectivity index (χ3v) is 2.17. The minimum atomic E-state index is -0.476. The second-order valence-corrected chi connectivity index (χ2v) is 3.84. The van der Waals surface area contributed by atoms with Gasteiger partial charge in [0.2, 0.25) is 0 Å². The molecule has 13 heavy (non-hydrogen) atoms. The predicted octanol–water partition coefficient (Wildman–Crippen LogP) is 0.349. The zero-order chi connectivity index (χ0) is 9.30. The van der Waals surface area contributed by atoms with Crippen LogP contribution in [0.15, 0.2) is 15.8 Å². The first-order valence-corrected chi connectivity index (χ1v) is 4.56. The molecule has 0 spiro atoms. The molecular weight excluding hydrogens is 457 g/mol. The Morgan fingerprint density at radius 3 is 2.46 bits per heavy atom. The van der Waals surface area contributed by atoms with Crippen LogP contribution in [0.2, 0.25) is 0 Å². The SMILES string of the molecule is CC(C)n1cc(I)c(=O)[n-]c1=O.[Re]. The summed E-state index contributed by atoms with van der Waals surface area (Å²) < 4.78 is 1.91. The van der Waals surface area contributed by atoms with E-state index in [1.54, 1.807) is 0 Å². The van der Waals surface area contributed by atoms with Crippen LogP contribution in [-0.2, 0) is 20.4 Å². The molecule has 0 amide bonds. The van der Waals surface area contributed by atoms with E-state index >= 15 is 0 Å². The minimum absolute atomic E-state index is 0. The minimum Gasteiger partial charge on any atom is -0.413 e. The van der Waals surface area contributed by atoms with Gasteiger partial charge in [-0.2, -0.15) is 0 Å². The van der Waals surface area contributed by atoms with Gasteiger partial charge in [-0.1, -0.05) is 20.0 Å². The molecule has 0 aromatic carbocycles. The number of hydrogen-bond donors (Lipinski definition) is 0. The molecule has 0 fully saturated rings. The largest absolute Gasteiger partial charge is 0.413 e. The average Bonchev–Trinajstić information content (AvgIpc) is 1.96. The molecule has 1 aromatic rings. The Morgan fingerprint density at radius 1 is 1.46 bits per heavy atom. The summed E-state index contributed by atoms with van der Waals surface area (Å²) in [6.07, 6.45) is 1.53. The van der Waals surface area contributed by atoms with Crippen molar-refractivity contribution in [2.24, 2.45) is 0 Å². The van der Waals surface area contributed by atoms with Gasteiger partial charge in [-0.15, -0.1) is 0 Å². The molecule has 0 aliphatic heterocycles. The summed E-state index contributed by atoms with van der Waals surface area (Å²) in [5.41, 5.74) is -0.923. The van der Waals surface area contributed by atoms with E-state index < -0.39 is 11.2 Å². The summed E-state index contributed by atoms with van der Waals surface area (Å²) in [6.45, 7) is 3.73. The van der Waals surface area contributed by atoms with Gasteiger partial charge < -0.3 is 9.55 Å². The van der Waals surface area contributed by atoms with Crippen molar-refractivity contribution in [3.8, 4) is 0 Å². The number of aromatic nitrogens is 2. The molecular formula is C7H8IN2O2Re-. The van der Waals surface area contributed by atoms with Gasteiger partial charge in [-0.05, 0) is 28.6 Å². The molecule has 0 aliphatic carbocycles. The Labute approximate surface area is 103 Å². The van der Waals surface area contributed by atoms with Crippen LogP contribution in [0.1, 0.15) is 19.9 Å². The fourth-order valence-electron chi connectivity index (χ4n) is 0.801. The third kappa shape index (κ3) is 3.04. The topological polar surface area (TPSA) is 53.2 Å². The van der Waals surface area contributed by atoms with E-state index in [2.05, 4.69) is 4.98 Å². The molecule has 0 bridgehead atoms. The van der Waals surface area contributed by atoms with Crippen molar-refractivity contribution in [1.82, 2.24) is 9.55 Å². The van der Waals surface area contributed by atoms with Crippen molar-refractivity contribution in [2.75, 3.05) is 0 Å². The molecule has 0 saturated carbocycles. The number of nitrogens with zero attached hydrogens (tertiary/aromatic N) is 2. The Bertz CT molecular complexity index is 396.